The van der Waals surface area contributed by atoms with E-state index in [-0.39, 0.29) is 22.0 Å². The zero-order valence-corrected chi connectivity index (χ0v) is 12.1. The normalized spacial score (nSPS) is 11.7. The van der Waals surface area contributed by atoms with E-state index in [1.165, 1.54) is 13.8 Å². The largest absolute Gasteiger partial charge is 0.462 e. The van der Waals surface area contributed by atoms with Crippen LogP contribution in [0.4, 0.5) is 14.5 Å². The molecule has 0 aliphatic heterocycles. The van der Waals surface area contributed by atoms with Crippen molar-refractivity contribution in [3.8, 4) is 0 Å². The molecule has 0 radical (unpaired) electrons. The molecule has 21 heavy (non-hydrogen) atoms. The Morgan fingerprint density at radius 3 is 2.43 bits per heavy atom. The standard InChI is InChI=1S/C13H13F2NO4S/c1-7-3-11(15)12(5-10(7)14)16-21(18,19)13-4-9(6-17)20-8(13)2/h3-5,16-17H,6H2,1-2H3. The summed E-state index contributed by atoms with van der Waals surface area (Å²) in [6, 6.07) is 2.79. The molecule has 0 saturated heterocycles. The number of aryl methyl sites for hydroxylation is 2. The predicted octanol–water partition coefficient (Wildman–Crippen LogP) is 2.47. The van der Waals surface area contributed by atoms with Crippen LogP contribution in [0, 0.1) is 25.5 Å². The van der Waals surface area contributed by atoms with Crippen LogP contribution in [-0.2, 0) is 16.6 Å². The van der Waals surface area contributed by atoms with Gasteiger partial charge in [-0.15, -0.1) is 0 Å². The molecule has 0 fully saturated rings. The molecule has 2 aromatic rings. The van der Waals surface area contributed by atoms with Gasteiger partial charge < -0.3 is 9.52 Å². The van der Waals surface area contributed by atoms with Gasteiger partial charge in [0, 0.05) is 12.1 Å². The molecule has 1 heterocycles. The van der Waals surface area contributed by atoms with Crippen molar-refractivity contribution in [3.63, 3.8) is 0 Å². The van der Waals surface area contributed by atoms with Gasteiger partial charge in [-0.3, -0.25) is 4.72 Å². The molecule has 2 N–H and O–H groups in total. The fourth-order valence-electron chi connectivity index (χ4n) is 1.79. The van der Waals surface area contributed by atoms with Gasteiger partial charge in [0.25, 0.3) is 10.0 Å². The van der Waals surface area contributed by atoms with Crippen molar-refractivity contribution in [1.82, 2.24) is 0 Å². The van der Waals surface area contributed by atoms with Crippen LogP contribution in [0.15, 0.2) is 27.5 Å². The molecule has 0 spiro atoms. The second kappa shape index (κ2) is 5.45. The summed E-state index contributed by atoms with van der Waals surface area (Å²) >= 11 is 0. The number of sulfonamides is 1. The predicted molar refractivity (Wildman–Crippen MR) is 71.3 cm³/mol. The number of nitrogens with one attached hydrogen (secondary N) is 1. The minimum atomic E-state index is -4.15. The van der Waals surface area contributed by atoms with Crippen molar-refractivity contribution < 1.29 is 26.7 Å². The first-order valence-electron chi connectivity index (χ1n) is 5.93. The fourth-order valence-corrected chi connectivity index (χ4v) is 3.06. The van der Waals surface area contributed by atoms with Gasteiger partial charge in [-0.25, -0.2) is 17.2 Å². The Balaban J connectivity index is 2.42. The second-order valence-corrected chi connectivity index (χ2v) is 6.13. The first kappa shape index (κ1) is 15.5. The number of hydrogen-bond donors (Lipinski definition) is 2. The van der Waals surface area contributed by atoms with Gasteiger partial charge in [0.2, 0.25) is 0 Å². The molecule has 114 valence electrons. The van der Waals surface area contributed by atoms with Gasteiger partial charge in [-0.2, -0.15) is 0 Å². The second-order valence-electron chi connectivity index (χ2n) is 4.48. The molecule has 0 aliphatic carbocycles. The Bertz CT molecular complexity index is 784. The molecule has 0 aliphatic rings. The van der Waals surface area contributed by atoms with E-state index >= 15 is 0 Å². The molecule has 0 saturated carbocycles. The highest BCUT2D eigenvalue weighted by atomic mass is 32.2. The van der Waals surface area contributed by atoms with Crippen molar-refractivity contribution in [2.75, 3.05) is 4.72 Å². The first-order chi connectivity index (χ1) is 9.74. The van der Waals surface area contributed by atoms with Crippen molar-refractivity contribution in [1.29, 1.82) is 0 Å². The Hall–Kier alpha value is -1.93. The highest BCUT2D eigenvalue weighted by molar-refractivity contribution is 7.92. The van der Waals surface area contributed by atoms with Crippen molar-refractivity contribution >= 4 is 15.7 Å². The maximum atomic E-state index is 13.7. The number of benzene rings is 1. The van der Waals surface area contributed by atoms with E-state index < -0.39 is 34.0 Å². The molecule has 2 rings (SSSR count). The molecular weight excluding hydrogens is 304 g/mol. The number of furan rings is 1. The maximum Gasteiger partial charge on any atom is 0.265 e. The van der Waals surface area contributed by atoms with Crippen LogP contribution < -0.4 is 4.72 Å². The number of hydrogen-bond acceptors (Lipinski definition) is 4. The van der Waals surface area contributed by atoms with E-state index in [2.05, 4.69) is 0 Å². The van der Waals surface area contributed by atoms with Crippen LogP contribution in [0.2, 0.25) is 0 Å². The Morgan fingerprint density at radius 1 is 1.19 bits per heavy atom. The fraction of sp³-hybridized carbons (Fsp3) is 0.231. The number of aliphatic hydroxyl groups excluding tert-OH is 1. The third-order valence-electron chi connectivity index (χ3n) is 2.86. The summed E-state index contributed by atoms with van der Waals surface area (Å²) in [7, 11) is -4.15. The van der Waals surface area contributed by atoms with Gasteiger partial charge >= 0.3 is 0 Å². The van der Waals surface area contributed by atoms with E-state index in [4.69, 9.17) is 9.52 Å². The number of anilines is 1. The lowest BCUT2D eigenvalue weighted by molar-refractivity contribution is 0.245. The van der Waals surface area contributed by atoms with Gasteiger partial charge in [0.1, 0.15) is 34.7 Å². The molecule has 0 atom stereocenters. The summed E-state index contributed by atoms with van der Waals surface area (Å²) in [6.45, 7) is 2.29. The zero-order chi connectivity index (χ0) is 15.8. The lowest BCUT2D eigenvalue weighted by Gasteiger charge is -2.09. The first-order valence-corrected chi connectivity index (χ1v) is 7.41. The van der Waals surface area contributed by atoms with Crippen LogP contribution in [0.3, 0.4) is 0 Å². The highest BCUT2D eigenvalue weighted by Gasteiger charge is 2.23. The van der Waals surface area contributed by atoms with Crippen LogP contribution >= 0.6 is 0 Å². The molecule has 1 aromatic carbocycles. The molecule has 1 aromatic heterocycles. The number of aliphatic hydroxyl groups is 1. The van der Waals surface area contributed by atoms with Crippen LogP contribution in [-0.4, -0.2) is 13.5 Å². The van der Waals surface area contributed by atoms with Gasteiger partial charge in [0.15, 0.2) is 0 Å². The average molecular weight is 317 g/mol. The Labute approximate surface area is 120 Å². The number of halogens is 2. The maximum absolute atomic E-state index is 13.7. The molecule has 0 bridgehead atoms. The van der Waals surface area contributed by atoms with E-state index in [1.807, 2.05) is 4.72 Å². The summed E-state index contributed by atoms with van der Waals surface area (Å²) in [5.41, 5.74) is -0.429. The average Bonchev–Trinajstić information content (AvgIpc) is 2.78. The van der Waals surface area contributed by atoms with Crippen LogP contribution in [0.1, 0.15) is 17.1 Å². The topological polar surface area (TPSA) is 79.5 Å². The molecule has 0 amide bonds. The van der Waals surface area contributed by atoms with Crippen molar-refractivity contribution in [2.24, 2.45) is 0 Å². The lowest BCUT2D eigenvalue weighted by Crippen LogP contribution is -2.14. The smallest absolute Gasteiger partial charge is 0.265 e. The molecule has 8 heteroatoms. The van der Waals surface area contributed by atoms with E-state index in [9.17, 15) is 17.2 Å². The van der Waals surface area contributed by atoms with E-state index in [0.29, 0.717) is 0 Å². The van der Waals surface area contributed by atoms with Crippen molar-refractivity contribution in [2.45, 2.75) is 25.3 Å². The minimum absolute atomic E-state index is 0.0412. The zero-order valence-electron chi connectivity index (χ0n) is 11.3. The third kappa shape index (κ3) is 3.06. The van der Waals surface area contributed by atoms with Crippen LogP contribution in [0.25, 0.3) is 0 Å². The van der Waals surface area contributed by atoms with E-state index in [0.717, 1.165) is 18.2 Å². The van der Waals surface area contributed by atoms with Crippen LogP contribution in [0.5, 0.6) is 0 Å². The Morgan fingerprint density at radius 2 is 1.86 bits per heavy atom. The van der Waals surface area contributed by atoms with Gasteiger partial charge in [-0.05, 0) is 25.5 Å². The third-order valence-corrected chi connectivity index (χ3v) is 4.33. The number of rotatable bonds is 4. The summed E-state index contributed by atoms with van der Waals surface area (Å²) in [6.07, 6.45) is 0. The monoisotopic (exact) mass is 317 g/mol. The lowest BCUT2D eigenvalue weighted by atomic mass is 10.2. The summed E-state index contributed by atoms with van der Waals surface area (Å²) in [4.78, 5) is -0.244. The summed E-state index contributed by atoms with van der Waals surface area (Å²) in [5, 5.41) is 8.92. The summed E-state index contributed by atoms with van der Waals surface area (Å²) < 4.78 is 58.4. The molecular formula is C13H13F2NO4S. The summed E-state index contributed by atoms with van der Waals surface area (Å²) in [5.74, 6) is -1.52. The highest BCUT2D eigenvalue weighted by Crippen LogP contribution is 2.25. The SMILES string of the molecule is Cc1cc(F)c(NS(=O)(=O)c2cc(CO)oc2C)cc1F. The van der Waals surface area contributed by atoms with Gasteiger partial charge in [-0.1, -0.05) is 0 Å². The molecule has 0 unspecified atom stereocenters. The quantitative estimate of drug-likeness (QED) is 0.908. The Kier molecular flexibility index (Phi) is 4.02. The van der Waals surface area contributed by atoms with Gasteiger partial charge in [0.05, 0.1) is 5.69 Å². The minimum Gasteiger partial charge on any atom is -0.462 e. The van der Waals surface area contributed by atoms with E-state index in [1.54, 1.807) is 0 Å². The van der Waals surface area contributed by atoms with Crippen molar-refractivity contribution in [3.05, 3.63) is 46.9 Å². The molecule has 5 nitrogen and oxygen atoms in total.